The van der Waals surface area contributed by atoms with Gasteiger partial charge in [-0.05, 0) is 37.9 Å². The zero-order valence-corrected chi connectivity index (χ0v) is 23.6. The van der Waals surface area contributed by atoms with Crippen LogP contribution in [-0.4, -0.2) is 83.7 Å². The second kappa shape index (κ2) is 10.4. The van der Waals surface area contributed by atoms with Crippen molar-refractivity contribution in [2.75, 3.05) is 56.7 Å². The number of hydrogen-bond donors (Lipinski definition) is 1. The van der Waals surface area contributed by atoms with Crippen molar-refractivity contribution >= 4 is 34.0 Å². The van der Waals surface area contributed by atoms with E-state index in [0.717, 1.165) is 31.5 Å². The van der Waals surface area contributed by atoms with Crippen molar-refractivity contribution in [2.24, 2.45) is 0 Å². The first kappa shape index (κ1) is 28.5. The lowest BCUT2D eigenvalue weighted by molar-refractivity contribution is -0.137. The molecule has 7 rings (SSSR count). The highest BCUT2D eigenvalue weighted by molar-refractivity contribution is 6.32. The molecule has 4 aliphatic rings. The number of alkyl halides is 4. The molecule has 3 saturated heterocycles. The maximum atomic E-state index is 16.5. The van der Waals surface area contributed by atoms with Gasteiger partial charge in [-0.2, -0.15) is 23.1 Å². The number of nitrogen functional groups attached to an aromatic ring is 1. The summed E-state index contributed by atoms with van der Waals surface area (Å²) in [6.07, 6.45) is -3.35. The van der Waals surface area contributed by atoms with Gasteiger partial charge < -0.3 is 24.8 Å². The van der Waals surface area contributed by atoms with E-state index < -0.39 is 45.5 Å². The molecule has 0 saturated carbocycles. The lowest BCUT2D eigenvalue weighted by Gasteiger charge is -2.31. The molecule has 6 heterocycles. The molecule has 0 aliphatic carbocycles. The summed E-state index contributed by atoms with van der Waals surface area (Å²) in [5.74, 6) is -1.000. The molecule has 3 aromatic rings. The summed E-state index contributed by atoms with van der Waals surface area (Å²) in [5.41, 5.74) is 2.27. The molecule has 0 amide bonds. The number of fused-ring (bicyclic) bond motifs is 3. The molecule has 3 fully saturated rings. The van der Waals surface area contributed by atoms with Crippen LogP contribution in [0.4, 0.5) is 33.5 Å². The molecule has 15 heteroatoms. The van der Waals surface area contributed by atoms with Gasteiger partial charge in [0.15, 0.2) is 5.82 Å². The lowest BCUT2D eigenvalue weighted by atomic mass is 9.95. The van der Waals surface area contributed by atoms with Crippen molar-refractivity contribution in [1.29, 1.82) is 0 Å². The van der Waals surface area contributed by atoms with Crippen LogP contribution in [0.15, 0.2) is 12.1 Å². The van der Waals surface area contributed by atoms with E-state index in [1.54, 1.807) is 0 Å². The highest BCUT2D eigenvalue weighted by Gasteiger charge is 2.49. The summed E-state index contributed by atoms with van der Waals surface area (Å²) in [5, 5.41) is -0.594. The number of nitrogens with two attached hydrogens (primary N) is 1. The third-order valence-corrected chi connectivity index (χ3v) is 9.02. The monoisotopic (exact) mass is 626 g/mol. The Morgan fingerprint density at radius 3 is 2.79 bits per heavy atom. The number of aromatic nitrogens is 3. The molecule has 0 spiro atoms. The second-order valence-corrected chi connectivity index (χ2v) is 11.9. The van der Waals surface area contributed by atoms with Crippen molar-refractivity contribution in [2.45, 2.75) is 49.6 Å². The molecule has 3 atom stereocenters. The zero-order chi connectivity index (χ0) is 30.1. The maximum absolute atomic E-state index is 16.5. The van der Waals surface area contributed by atoms with Gasteiger partial charge >= 0.3 is 12.2 Å². The summed E-state index contributed by atoms with van der Waals surface area (Å²) in [6, 6.07) is 1.40. The second-order valence-electron chi connectivity index (χ2n) is 11.5. The number of anilines is 2. The number of benzene rings is 1. The highest BCUT2D eigenvalue weighted by atomic mass is 35.5. The van der Waals surface area contributed by atoms with E-state index in [-0.39, 0.29) is 60.2 Å². The molecule has 0 bridgehead atoms. The van der Waals surface area contributed by atoms with E-state index in [2.05, 4.69) is 19.9 Å². The van der Waals surface area contributed by atoms with Crippen LogP contribution >= 0.6 is 11.6 Å². The Labute approximate surface area is 248 Å². The van der Waals surface area contributed by atoms with Crippen molar-refractivity contribution in [3.05, 3.63) is 28.5 Å². The van der Waals surface area contributed by atoms with Crippen LogP contribution in [0.25, 0.3) is 22.2 Å². The van der Waals surface area contributed by atoms with Gasteiger partial charge in [-0.25, -0.2) is 13.8 Å². The molecule has 1 aromatic carbocycles. The smallest absolute Gasteiger partial charge is 0.418 e. The molecule has 9 nitrogen and oxygen atoms in total. The Balaban J connectivity index is 1.41. The largest absolute Gasteiger partial charge is 0.475 e. The fourth-order valence-corrected chi connectivity index (χ4v) is 7.16. The van der Waals surface area contributed by atoms with E-state index in [1.807, 2.05) is 4.90 Å². The number of halogens is 6. The molecule has 2 aromatic heterocycles. The Hall–Kier alpha value is -3.23. The molecule has 2 N–H and O–H groups in total. The van der Waals surface area contributed by atoms with Crippen LogP contribution in [0.3, 0.4) is 0 Å². The van der Waals surface area contributed by atoms with Crippen molar-refractivity contribution in [3.8, 4) is 23.1 Å². The Bertz CT molecular complexity index is 1600. The summed E-state index contributed by atoms with van der Waals surface area (Å²) in [4.78, 5) is 17.2. The lowest BCUT2D eigenvalue weighted by Crippen LogP contribution is -2.43. The number of ether oxygens (including phenoxy) is 3. The predicted molar refractivity (Wildman–Crippen MR) is 148 cm³/mol. The van der Waals surface area contributed by atoms with Crippen molar-refractivity contribution in [3.63, 3.8) is 0 Å². The van der Waals surface area contributed by atoms with Crippen molar-refractivity contribution < 1.29 is 36.2 Å². The minimum Gasteiger partial charge on any atom is -0.475 e. The SMILES string of the molecule is Nc1cc(Cl)c(C(F)(F)F)c(-c2nc3c4c(nc(OC[C@@]56CCCN5C[C@H](F)C6)nc4c2F)N2CCCOC[C@H]2CO3)c1. The standard InChI is InChI=1S/C28H28ClF5N6O3/c29-18-8-15(35)7-17(20(18)28(32,33)34)22-21(31)23-19-24(40-5-2-6-41-11-16(40)12-42-25(19)36-22)38-26(37-23)43-13-27-3-1-4-39(27)10-14(30)9-27/h7-8,14,16H,1-6,9-13,35H2/t14-,16+,27+/m1/s1. The van der Waals surface area contributed by atoms with Crippen molar-refractivity contribution in [1.82, 2.24) is 19.9 Å². The van der Waals surface area contributed by atoms with Gasteiger partial charge in [0.25, 0.3) is 0 Å². The Morgan fingerprint density at radius 1 is 1.14 bits per heavy atom. The molecule has 0 radical (unpaired) electrons. The molecule has 230 valence electrons. The van der Waals surface area contributed by atoms with Gasteiger partial charge in [-0.3, -0.25) is 4.90 Å². The third kappa shape index (κ3) is 4.87. The predicted octanol–water partition coefficient (Wildman–Crippen LogP) is 5.03. The van der Waals surface area contributed by atoms with E-state index >= 15 is 4.39 Å². The topological polar surface area (TPSA) is 98.9 Å². The first-order valence-corrected chi connectivity index (χ1v) is 14.5. The minimum atomic E-state index is -4.94. The molecule has 0 unspecified atom stereocenters. The van der Waals surface area contributed by atoms with Crippen LogP contribution < -0.4 is 20.1 Å². The quantitative estimate of drug-likeness (QED) is 0.316. The Kier molecular flexibility index (Phi) is 6.93. The van der Waals surface area contributed by atoms with Crippen LogP contribution in [-0.2, 0) is 10.9 Å². The van der Waals surface area contributed by atoms with Gasteiger partial charge in [0.05, 0.1) is 28.8 Å². The summed E-state index contributed by atoms with van der Waals surface area (Å²) in [7, 11) is 0. The molecular formula is C28H28ClF5N6O3. The van der Waals surface area contributed by atoms with Gasteiger partial charge in [0.2, 0.25) is 5.88 Å². The van der Waals surface area contributed by atoms with Crippen LogP contribution in [0, 0.1) is 5.82 Å². The van der Waals surface area contributed by atoms with E-state index in [1.165, 1.54) is 0 Å². The number of rotatable bonds is 4. The molecule has 43 heavy (non-hydrogen) atoms. The maximum Gasteiger partial charge on any atom is 0.418 e. The average Bonchev–Trinajstić information content (AvgIpc) is 3.29. The highest BCUT2D eigenvalue weighted by Crippen LogP contribution is 2.47. The fourth-order valence-electron chi connectivity index (χ4n) is 6.83. The normalized spacial score (nSPS) is 25.7. The van der Waals surface area contributed by atoms with Crippen LogP contribution in [0.2, 0.25) is 5.02 Å². The average molecular weight is 627 g/mol. The molecule has 4 aliphatic heterocycles. The number of hydrogen-bond acceptors (Lipinski definition) is 9. The third-order valence-electron chi connectivity index (χ3n) is 8.72. The molecular weight excluding hydrogens is 599 g/mol. The summed E-state index contributed by atoms with van der Waals surface area (Å²) in [6.45, 7) is 2.48. The van der Waals surface area contributed by atoms with Gasteiger partial charge in [-0.1, -0.05) is 11.6 Å². The minimum absolute atomic E-state index is 0.0551. The first-order valence-electron chi connectivity index (χ1n) is 14.1. The van der Waals surface area contributed by atoms with Gasteiger partial charge in [0, 0.05) is 37.4 Å². The Morgan fingerprint density at radius 2 is 1.98 bits per heavy atom. The number of pyridine rings is 1. The zero-order valence-electron chi connectivity index (χ0n) is 22.9. The van der Waals surface area contributed by atoms with Crippen LogP contribution in [0.1, 0.15) is 31.2 Å². The summed E-state index contributed by atoms with van der Waals surface area (Å²) >= 11 is 5.98. The fraction of sp³-hybridized carbons (Fsp3) is 0.536. The van der Waals surface area contributed by atoms with E-state index in [4.69, 9.17) is 31.5 Å². The van der Waals surface area contributed by atoms with Gasteiger partial charge in [-0.15, -0.1) is 0 Å². The summed E-state index contributed by atoms with van der Waals surface area (Å²) < 4.78 is 91.2. The first-order chi connectivity index (χ1) is 20.5. The van der Waals surface area contributed by atoms with E-state index in [0.29, 0.717) is 32.5 Å². The van der Waals surface area contributed by atoms with Gasteiger partial charge in [0.1, 0.15) is 41.8 Å². The van der Waals surface area contributed by atoms with E-state index in [9.17, 15) is 17.6 Å². The number of nitrogens with zero attached hydrogens (tertiary/aromatic N) is 5. The van der Waals surface area contributed by atoms with Crippen LogP contribution in [0.5, 0.6) is 11.9 Å².